The first kappa shape index (κ1) is 13.3. The van der Waals surface area contributed by atoms with Gasteiger partial charge >= 0.3 is 0 Å². The van der Waals surface area contributed by atoms with Crippen LogP contribution in [-0.4, -0.2) is 9.55 Å². The van der Waals surface area contributed by atoms with Crippen LogP contribution < -0.4 is 0 Å². The molecule has 0 N–H and O–H groups in total. The molecule has 0 fully saturated rings. The van der Waals surface area contributed by atoms with Gasteiger partial charge in [0.25, 0.3) is 0 Å². The number of hydrogen-bond donors (Lipinski definition) is 0. The monoisotopic (exact) mass is 312 g/mol. The van der Waals surface area contributed by atoms with Gasteiger partial charge in [0.1, 0.15) is 11.6 Å². The van der Waals surface area contributed by atoms with Crippen LogP contribution in [0.5, 0.6) is 0 Å². The van der Waals surface area contributed by atoms with E-state index in [9.17, 15) is 4.39 Å². The van der Waals surface area contributed by atoms with Crippen molar-refractivity contribution in [3.8, 4) is 5.82 Å². The first-order valence-corrected chi connectivity index (χ1v) is 7.86. The summed E-state index contributed by atoms with van der Waals surface area (Å²) in [7, 11) is 0. The number of benzene rings is 3. The van der Waals surface area contributed by atoms with Gasteiger partial charge in [-0.25, -0.2) is 9.37 Å². The van der Waals surface area contributed by atoms with E-state index in [1.54, 1.807) is 6.07 Å². The third-order valence-corrected chi connectivity index (χ3v) is 4.52. The largest absolute Gasteiger partial charge is 0.293 e. The van der Waals surface area contributed by atoms with Crippen molar-refractivity contribution < 1.29 is 4.39 Å². The molecule has 0 bridgehead atoms. The van der Waals surface area contributed by atoms with Crippen molar-refractivity contribution in [2.45, 2.75) is 0 Å². The molecule has 2 aromatic heterocycles. The van der Waals surface area contributed by atoms with E-state index in [0.717, 1.165) is 22.2 Å². The molecule has 5 rings (SSSR count). The van der Waals surface area contributed by atoms with E-state index in [-0.39, 0.29) is 5.82 Å². The summed E-state index contributed by atoms with van der Waals surface area (Å²) in [5, 5.41) is 3.74. The van der Waals surface area contributed by atoms with Crippen molar-refractivity contribution in [3.63, 3.8) is 0 Å². The van der Waals surface area contributed by atoms with Crippen LogP contribution in [0, 0.1) is 5.82 Å². The molecule has 3 aromatic carbocycles. The highest BCUT2D eigenvalue weighted by Gasteiger charge is 2.15. The first-order chi connectivity index (χ1) is 11.8. The molecule has 2 nitrogen and oxygen atoms in total. The summed E-state index contributed by atoms with van der Waals surface area (Å²) in [5.74, 6) is 0.458. The average molecular weight is 312 g/mol. The molecule has 0 aliphatic heterocycles. The van der Waals surface area contributed by atoms with Crippen LogP contribution in [0.15, 0.2) is 79.0 Å². The molecular weight excluding hydrogens is 299 g/mol. The quantitative estimate of drug-likeness (QED) is 0.401. The van der Waals surface area contributed by atoms with Crippen molar-refractivity contribution in [1.29, 1.82) is 0 Å². The fourth-order valence-corrected chi connectivity index (χ4v) is 3.47. The Kier molecular flexibility index (Phi) is 2.71. The molecule has 0 atom stereocenters. The number of para-hydroxylation sites is 2. The number of fused-ring (bicyclic) bond motifs is 4. The molecule has 0 radical (unpaired) electrons. The van der Waals surface area contributed by atoms with Gasteiger partial charge in [-0.2, -0.15) is 0 Å². The zero-order chi connectivity index (χ0) is 16.1. The summed E-state index contributed by atoms with van der Waals surface area (Å²) in [6, 6.07) is 24.0. The molecule has 24 heavy (non-hydrogen) atoms. The lowest BCUT2D eigenvalue weighted by Crippen LogP contribution is -1.99. The number of nitrogens with zero attached hydrogens (tertiary/aromatic N) is 2. The highest BCUT2D eigenvalue weighted by atomic mass is 19.1. The van der Waals surface area contributed by atoms with Crippen molar-refractivity contribution in [1.82, 2.24) is 9.55 Å². The van der Waals surface area contributed by atoms with Crippen molar-refractivity contribution in [2.24, 2.45) is 0 Å². The second-order valence-electron chi connectivity index (χ2n) is 5.85. The van der Waals surface area contributed by atoms with Gasteiger partial charge in [-0.15, -0.1) is 0 Å². The van der Waals surface area contributed by atoms with Crippen LogP contribution >= 0.6 is 0 Å². The van der Waals surface area contributed by atoms with Crippen LogP contribution in [0.3, 0.4) is 0 Å². The van der Waals surface area contributed by atoms with Crippen molar-refractivity contribution in [3.05, 3.63) is 84.8 Å². The minimum absolute atomic E-state index is 0.296. The maximum absolute atomic E-state index is 14.2. The third-order valence-electron chi connectivity index (χ3n) is 4.52. The number of halogens is 1. The molecule has 0 unspecified atom stereocenters. The molecular formula is C21H13FN2. The lowest BCUT2D eigenvalue weighted by Gasteiger charge is -2.10. The minimum atomic E-state index is -0.296. The molecule has 0 saturated heterocycles. The van der Waals surface area contributed by atoms with E-state index in [1.807, 2.05) is 42.5 Å². The zero-order valence-corrected chi connectivity index (χ0v) is 12.8. The Morgan fingerprint density at radius 3 is 1.75 bits per heavy atom. The molecule has 5 aromatic rings. The number of rotatable bonds is 1. The molecule has 0 aliphatic rings. The Labute approximate surface area is 137 Å². The lowest BCUT2D eigenvalue weighted by atomic mass is 10.1. The van der Waals surface area contributed by atoms with Crippen LogP contribution in [0.4, 0.5) is 4.39 Å². The SMILES string of the molecule is Fc1cnc(-n2c3ccccc3c3ccccc32)c2ccccc12. The smallest absolute Gasteiger partial charge is 0.149 e. The fraction of sp³-hybridized carbons (Fsp3) is 0. The number of hydrogen-bond acceptors (Lipinski definition) is 1. The summed E-state index contributed by atoms with van der Waals surface area (Å²) in [6.07, 6.45) is 1.31. The average Bonchev–Trinajstić information content (AvgIpc) is 2.97. The number of pyridine rings is 1. The second kappa shape index (κ2) is 4.90. The molecule has 0 amide bonds. The van der Waals surface area contributed by atoms with Crippen LogP contribution in [0.1, 0.15) is 0 Å². The standard InChI is InChI=1S/C21H13FN2/c22-18-13-23-21(17-10-2-1-7-14(17)18)24-19-11-5-3-8-15(19)16-9-4-6-12-20(16)24/h1-13H. The van der Waals surface area contributed by atoms with E-state index in [0.29, 0.717) is 5.39 Å². The molecule has 3 heteroatoms. The lowest BCUT2D eigenvalue weighted by molar-refractivity contribution is 0.633. The first-order valence-electron chi connectivity index (χ1n) is 7.86. The maximum Gasteiger partial charge on any atom is 0.149 e. The van der Waals surface area contributed by atoms with Gasteiger partial charge in [-0.1, -0.05) is 60.7 Å². The predicted molar refractivity (Wildman–Crippen MR) is 96.0 cm³/mol. The predicted octanol–water partition coefficient (Wildman–Crippen LogP) is 5.47. The van der Waals surface area contributed by atoms with E-state index in [4.69, 9.17) is 0 Å². The maximum atomic E-state index is 14.2. The van der Waals surface area contributed by atoms with Crippen LogP contribution in [0.2, 0.25) is 0 Å². The Balaban J connectivity index is 2.02. The van der Waals surface area contributed by atoms with Gasteiger partial charge in [0.2, 0.25) is 0 Å². The fourth-order valence-electron chi connectivity index (χ4n) is 3.47. The Bertz CT molecular complexity index is 1170. The van der Waals surface area contributed by atoms with Crippen molar-refractivity contribution in [2.75, 3.05) is 0 Å². The topological polar surface area (TPSA) is 17.8 Å². The number of aromatic nitrogens is 2. The molecule has 0 spiro atoms. The third kappa shape index (κ3) is 1.72. The summed E-state index contributed by atoms with van der Waals surface area (Å²) in [6.45, 7) is 0. The molecule has 114 valence electrons. The van der Waals surface area contributed by atoms with Gasteiger partial charge < -0.3 is 0 Å². The highest BCUT2D eigenvalue weighted by Crippen LogP contribution is 2.33. The highest BCUT2D eigenvalue weighted by molar-refractivity contribution is 6.10. The second-order valence-corrected chi connectivity index (χ2v) is 5.85. The Morgan fingerprint density at radius 1 is 0.625 bits per heavy atom. The van der Waals surface area contributed by atoms with Gasteiger partial charge in [0.15, 0.2) is 0 Å². The van der Waals surface area contributed by atoms with Crippen molar-refractivity contribution >= 4 is 32.6 Å². The van der Waals surface area contributed by atoms with Gasteiger partial charge in [0.05, 0.1) is 17.2 Å². The van der Waals surface area contributed by atoms with E-state index < -0.39 is 0 Å². The molecule has 0 saturated carbocycles. The summed E-state index contributed by atoms with van der Waals surface area (Å²) < 4.78 is 16.3. The Morgan fingerprint density at radius 2 is 1.12 bits per heavy atom. The zero-order valence-electron chi connectivity index (χ0n) is 12.8. The van der Waals surface area contributed by atoms with Gasteiger partial charge in [-0.05, 0) is 12.1 Å². The van der Waals surface area contributed by atoms with Gasteiger partial charge in [-0.3, -0.25) is 4.57 Å². The van der Waals surface area contributed by atoms with E-state index >= 15 is 0 Å². The summed E-state index contributed by atoms with van der Waals surface area (Å²) in [4.78, 5) is 4.44. The van der Waals surface area contributed by atoms with Crippen LogP contribution in [0.25, 0.3) is 38.4 Å². The van der Waals surface area contributed by atoms with E-state index in [1.165, 1.54) is 17.0 Å². The summed E-state index contributed by atoms with van der Waals surface area (Å²) in [5.41, 5.74) is 2.14. The molecule has 0 aliphatic carbocycles. The minimum Gasteiger partial charge on any atom is -0.293 e. The molecule has 2 heterocycles. The summed E-state index contributed by atoms with van der Waals surface area (Å²) >= 11 is 0. The normalized spacial score (nSPS) is 11.5. The van der Waals surface area contributed by atoms with Crippen LogP contribution in [-0.2, 0) is 0 Å². The van der Waals surface area contributed by atoms with Gasteiger partial charge in [0, 0.05) is 21.5 Å². The Hall–Kier alpha value is -3.20. The van der Waals surface area contributed by atoms with E-state index in [2.05, 4.69) is 33.8 Å².